The van der Waals surface area contributed by atoms with Gasteiger partial charge in [0.15, 0.2) is 0 Å². The minimum Gasteiger partial charge on any atom is -0.462 e. The Morgan fingerprint density at radius 2 is 2.08 bits per heavy atom. The van der Waals surface area contributed by atoms with Gasteiger partial charge in [0, 0.05) is 19.8 Å². The summed E-state index contributed by atoms with van der Waals surface area (Å²) in [5, 5.41) is 0. The van der Waals surface area contributed by atoms with Crippen molar-refractivity contribution in [2.24, 2.45) is 0 Å². The van der Waals surface area contributed by atoms with Crippen LogP contribution in [0.15, 0.2) is 0 Å². The summed E-state index contributed by atoms with van der Waals surface area (Å²) in [6, 6.07) is 0. The van der Waals surface area contributed by atoms with Gasteiger partial charge in [0.25, 0.3) is 0 Å². The van der Waals surface area contributed by atoms with Crippen molar-refractivity contribution >= 4 is 18.5 Å². The summed E-state index contributed by atoms with van der Waals surface area (Å²) in [5.74, 6) is -0.423. The molecule has 0 aromatic carbocycles. The highest BCUT2D eigenvalue weighted by atomic mass is 16.5. The Labute approximate surface area is 70.9 Å². The molecule has 0 bridgehead atoms. The quantitative estimate of drug-likeness (QED) is 0.432. The van der Waals surface area contributed by atoms with Crippen molar-refractivity contribution < 1.29 is 19.1 Å². The van der Waals surface area contributed by atoms with Gasteiger partial charge in [-0.1, -0.05) is 0 Å². The van der Waals surface area contributed by atoms with Crippen molar-refractivity contribution in [2.75, 3.05) is 0 Å². The zero-order chi connectivity index (χ0) is 9.40. The minimum atomic E-state index is -0.440. The van der Waals surface area contributed by atoms with Crippen LogP contribution in [0.3, 0.4) is 0 Å². The molecule has 0 fully saturated rings. The summed E-state index contributed by atoms with van der Waals surface area (Å²) in [6.45, 7) is 1.28. The fourth-order valence-electron chi connectivity index (χ4n) is 0.821. The molecule has 0 aliphatic rings. The van der Waals surface area contributed by atoms with E-state index in [2.05, 4.69) is 0 Å². The van der Waals surface area contributed by atoms with Crippen LogP contribution in [0.2, 0.25) is 0 Å². The van der Waals surface area contributed by atoms with E-state index in [1.807, 2.05) is 0 Å². The van der Waals surface area contributed by atoms with Crippen molar-refractivity contribution in [3.63, 3.8) is 0 Å². The predicted molar refractivity (Wildman–Crippen MR) is 41.5 cm³/mol. The molecule has 12 heavy (non-hydrogen) atoms. The average Bonchev–Trinajstić information content (AvgIpc) is 2.00. The lowest BCUT2D eigenvalue weighted by Crippen LogP contribution is -2.16. The third kappa shape index (κ3) is 5.58. The van der Waals surface area contributed by atoms with Crippen molar-refractivity contribution in [3.05, 3.63) is 0 Å². The third-order valence-electron chi connectivity index (χ3n) is 1.30. The van der Waals surface area contributed by atoms with Crippen molar-refractivity contribution in [3.8, 4) is 0 Å². The highest BCUT2D eigenvalue weighted by Gasteiger charge is 2.10. The monoisotopic (exact) mass is 172 g/mol. The first kappa shape index (κ1) is 10.8. The minimum absolute atomic E-state index is 0.160. The molecule has 68 valence electrons. The van der Waals surface area contributed by atoms with Crippen LogP contribution in [0, 0.1) is 0 Å². The number of hydrogen-bond acceptors (Lipinski definition) is 4. The highest BCUT2D eigenvalue weighted by molar-refractivity contribution is 5.66. The number of ether oxygens (including phenoxy) is 1. The lowest BCUT2D eigenvalue weighted by molar-refractivity contribution is -0.147. The number of esters is 1. The maximum absolute atomic E-state index is 10.5. The molecule has 0 heterocycles. The second-order valence-electron chi connectivity index (χ2n) is 2.38. The average molecular weight is 172 g/mol. The third-order valence-corrected chi connectivity index (χ3v) is 1.30. The normalized spacial score (nSPS) is 11.8. The summed E-state index contributed by atoms with van der Waals surface area (Å²) < 4.78 is 4.76. The summed E-state index contributed by atoms with van der Waals surface area (Å²) in [5.41, 5.74) is 0. The molecule has 0 radical (unpaired) electrons. The van der Waals surface area contributed by atoms with E-state index in [4.69, 9.17) is 4.74 Å². The van der Waals surface area contributed by atoms with Crippen LogP contribution in [0.25, 0.3) is 0 Å². The van der Waals surface area contributed by atoms with Gasteiger partial charge in [0.05, 0.1) is 0 Å². The van der Waals surface area contributed by atoms with E-state index >= 15 is 0 Å². The molecule has 0 saturated carbocycles. The van der Waals surface area contributed by atoms with Crippen LogP contribution in [0.1, 0.15) is 26.2 Å². The molecule has 0 aromatic rings. The largest absolute Gasteiger partial charge is 0.462 e. The number of hydrogen-bond donors (Lipinski definition) is 0. The fourth-order valence-corrected chi connectivity index (χ4v) is 0.821. The molecule has 0 rings (SSSR count). The van der Waals surface area contributed by atoms with E-state index < -0.39 is 12.1 Å². The Kier molecular flexibility index (Phi) is 5.87. The molecule has 1 unspecified atom stereocenters. The number of aldehydes is 2. The lowest BCUT2D eigenvalue weighted by atomic mass is 10.1. The number of carbonyl (C=O) groups excluding carboxylic acids is 3. The maximum atomic E-state index is 10.5. The van der Waals surface area contributed by atoms with Gasteiger partial charge in [-0.3, -0.25) is 4.79 Å². The Balaban J connectivity index is 3.75. The smallest absolute Gasteiger partial charge is 0.302 e. The van der Waals surface area contributed by atoms with Crippen LogP contribution in [-0.4, -0.2) is 24.6 Å². The molecule has 0 spiro atoms. The van der Waals surface area contributed by atoms with Gasteiger partial charge < -0.3 is 14.3 Å². The van der Waals surface area contributed by atoms with Gasteiger partial charge in [-0.2, -0.15) is 0 Å². The molecule has 0 saturated heterocycles. The zero-order valence-corrected chi connectivity index (χ0v) is 6.99. The Morgan fingerprint density at radius 1 is 1.42 bits per heavy atom. The zero-order valence-electron chi connectivity index (χ0n) is 6.99. The van der Waals surface area contributed by atoms with Gasteiger partial charge >= 0.3 is 5.97 Å². The molecule has 0 aliphatic heterocycles. The van der Waals surface area contributed by atoms with Crippen molar-refractivity contribution in [2.45, 2.75) is 32.3 Å². The number of carbonyl (C=O) groups is 3. The van der Waals surface area contributed by atoms with Crippen LogP contribution < -0.4 is 0 Å². The molecule has 4 nitrogen and oxygen atoms in total. The van der Waals surface area contributed by atoms with Gasteiger partial charge in [-0.05, 0) is 6.42 Å². The predicted octanol–water partition coefficient (Wildman–Crippen LogP) is 0.486. The number of rotatable bonds is 6. The molecular weight excluding hydrogens is 160 g/mol. The van der Waals surface area contributed by atoms with Gasteiger partial charge in [-0.15, -0.1) is 0 Å². The Bertz CT molecular complexity index is 164. The second-order valence-corrected chi connectivity index (χ2v) is 2.38. The van der Waals surface area contributed by atoms with Gasteiger partial charge in [0.1, 0.15) is 18.7 Å². The van der Waals surface area contributed by atoms with Gasteiger partial charge in [-0.25, -0.2) is 0 Å². The topological polar surface area (TPSA) is 60.4 Å². The standard InChI is InChI=1S/C8H12O4/c1-7(11)12-8(4-6-10)3-2-5-9/h5-6,8H,2-4H2,1H3. The van der Waals surface area contributed by atoms with E-state index in [1.54, 1.807) is 0 Å². The highest BCUT2D eigenvalue weighted by Crippen LogP contribution is 2.04. The molecule has 0 amide bonds. The van der Waals surface area contributed by atoms with Crippen LogP contribution >= 0.6 is 0 Å². The van der Waals surface area contributed by atoms with Crippen molar-refractivity contribution in [1.82, 2.24) is 0 Å². The van der Waals surface area contributed by atoms with E-state index in [9.17, 15) is 14.4 Å². The maximum Gasteiger partial charge on any atom is 0.302 e. The summed E-state index contributed by atoms with van der Waals surface area (Å²) in [4.78, 5) is 30.5. The van der Waals surface area contributed by atoms with E-state index in [0.29, 0.717) is 19.1 Å². The van der Waals surface area contributed by atoms with Crippen LogP contribution in [0.4, 0.5) is 0 Å². The fraction of sp³-hybridized carbons (Fsp3) is 0.625. The molecule has 0 aromatic heterocycles. The first-order valence-electron chi connectivity index (χ1n) is 3.75. The van der Waals surface area contributed by atoms with E-state index in [1.165, 1.54) is 6.92 Å². The first-order valence-corrected chi connectivity index (χ1v) is 3.75. The van der Waals surface area contributed by atoms with Crippen LogP contribution in [0.5, 0.6) is 0 Å². The molecular formula is C8H12O4. The van der Waals surface area contributed by atoms with E-state index in [0.717, 1.165) is 6.29 Å². The summed E-state index contributed by atoms with van der Waals surface area (Å²) >= 11 is 0. The Morgan fingerprint density at radius 3 is 2.50 bits per heavy atom. The Hall–Kier alpha value is -1.19. The SMILES string of the molecule is CC(=O)OC(CC=O)CCC=O. The summed E-state index contributed by atoms with van der Waals surface area (Å²) in [6.07, 6.45) is 1.87. The lowest BCUT2D eigenvalue weighted by Gasteiger charge is -2.11. The first-order chi connectivity index (χ1) is 5.70. The molecule has 0 N–H and O–H groups in total. The summed E-state index contributed by atoms with van der Waals surface area (Å²) in [7, 11) is 0. The van der Waals surface area contributed by atoms with Crippen molar-refractivity contribution in [1.29, 1.82) is 0 Å². The molecule has 0 aliphatic carbocycles. The molecule has 4 heteroatoms. The second kappa shape index (κ2) is 6.52. The van der Waals surface area contributed by atoms with E-state index in [-0.39, 0.29) is 6.42 Å². The molecule has 1 atom stereocenters. The van der Waals surface area contributed by atoms with Crippen LogP contribution in [-0.2, 0) is 19.1 Å². The van der Waals surface area contributed by atoms with Gasteiger partial charge in [0.2, 0.25) is 0 Å².